The summed E-state index contributed by atoms with van der Waals surface area (Å²) in [5.41, 5.74) is 6.99. The van der Waals surface area contributed by atoms with Gasteiger partial charge in [-0.1, -0.05) is 13.0 Å². The molecule has 0 radical (unpaired) electrons. The van der Waals surface area contributed by atoms with Crippen LogP contribution >= 0.6 is 0 Å². The van der Waals surface area contributed by atoms with Crippen molar-refractivity contribution in [3.63, 3.8) is 0 Å². The number of piperazine rings is 1. The molecule has 0 aliphatic carbocycles. The van der Waals surface area contributed by atoms with Crippen molar-refractivity contribution >= 4 is 11.7 Å². The van der Waals surface area contributed by atoms with E-state index in [0.29, 0.717) is 11.8 Å². The van der Waals surface area contributed by atoms with Crippen LogP contribution in [-0.4, -0.2) is 56.3 Å². The highest BCUT2D eigenvalue weighted by molar-refractivity contribution is 6.22. The molecule has 1 saturated heterocycles. The Hall–Kier alpha value is -1.36. The van der Waals surface area contributed by atoms with Gasteiger partial charge < -0.3 is 16.0 Å². The number of nitrogens with two attached hydrogens (primary N) is 1. The summed E-state index contributed by atoms with van der Waals surface area (Å²) in [5, 5.41) is 3.34. The van der Waals surface area contributed by atoms with E-state index in [9.17, 15) is 0 Å². The summed E-state index contributed by atoms with van der Waals surface area (Å²) in [4.78, 5) is 11.0. The standard InChI is InChI=1S/C12H21N5/c1-9-7-10(11(13)16-8-9)12(14-2)17-5-3-15-4-6-17/h7,9,15H,3-6,8H2,1-2H3,(H2,13,16). The van der Waals surface area contributed by atoms with Crippen LogP contribution < -0.4 is 11.1 Å². The maximum Gasteiger partial charge on any atom is 0.134 e. The molecule has 94 valence electrons. The summed E-state index contributed by atoms with van der Waals surface area (Å²) in [6.45, 7) is 6.89. The first-order valence-electron chi connectivity index (χ1n) is 6.17. The highest BCUT2D eigenvalue weighted by Gasteiger charge is 2.22. The lowest BCUT2D eigenvalue weighted by Crippen LogP contribution is -2.48. The summed E-state index contributed by atoms with van der Waals surface area (Å²) in [6.07, 6.45) is 2.19. The zero-order valence-corrected chi connectivity index (χ0v) is 10.6. The van der Waals surface area contributed by atoms with Crippen molar-refractivity contribution in [1.82, 2.24) is 10.2 Å². The molecule has 1 atom stereocenters. The van der Waals surface area contributed by atoms with Gasteiger partial charge in [0.1, 0.15) is 11.7 Å². The minimum absolute atomic E-state index is 0.442. The Morgan fingerprint density at radius 3 is 2.88 bits per heavy atom. The molecule has 2 rings (SSSR count). The molecule has 0 saturated carbocycles. The first kappa shape index (κ1) is 12.1. The highest BCUT2D eigenvalue weighted by atomic mass is 15.2. The molecular weight excluding hydrogens is 214 g/mol. The number of nitrogens with zero attached hydrogens (tertiary/aromatic N) is 3. The normalized spacial score (nSPS) is 26.6. The second kappa shape index (κ2) is 5.31. The van der Waals surface area contributed by atoms with Gasteiger partial charge in [-0.05, 0) is 5.92 Å². The van der Waals surface area contributed by atoms with E-state index in [2.05, 4.69) is 33.2 Å². The molecule has 0 amide bonds. The fourth-order valence-corrected chi connectivity index (χ4v) is 2.25. The second-order valence-corrected chi connectivity index (χ2v) is 4.57. The van der Waals surface area contributed by atoms with Gasteiger partial charge in [0.05, 0.1) is 5.57 Å². The SMILES string of the molecule is CN=C(C1=CC(C)CN=C1N)N1CCNCC1. The number of rotatable bonds is 1. The van der Waals surface area contributed by atoms with E-state index in [1.54, 1.807) is 0 Å². The van der Waals surface area contributed by atoms with Crippen LogP contribution in [0.25, 0.3) is 0 Å². The zero-order valence-electron chi connectivity index (χ0n) is 10.6. The first-order chi connectivity index (χ1) is 8.22. The van der Waals surface area contributed by atoms with E-state index < -0.39 is 0 Å². The van der Waals surface area contributed by atoms with Crippen LogP contribution in [0.3, 0.4) is 0 Å². The molecule has 1 unspecified atom stereocenters. The predicted molar refractivity (Wildman–Crippen MR) is 71.5 cm³/mol. The van der Waals surface area contributed by atoms with Gasteiger partial charge in [0.15, 0.2) is 0 Å². The molecule has 0 bridgehead atoms. The minimum atomic E-state index is 0.442. The summed E-state index contributed by atoms with van der Waals surface area (Å²) in [7, 11) is 1.82. The van der Waals surface area contributed by atoms with Gasteiger partial charge in [-0.3, -0.25) is 9.98 Å². The molecule has 2 heterocycles. The Morgan fingerprint density at radius 2 is 2.24 bits per heavy atom. The topological polar surface area (TPSA) is 66.0 Å². The van der Waals surface area contributed by atoms with E-state index in [4.69, 9.17) is 5.73 Å². The monoisotopic (exact) mass is 235 g/mol. The van der Waals surface area contributed by atoms with Crippen molar-refractivity contribution < 1.29 is 0 Å². The van der Waals surface area contributed by atoms with Crippen LogP contribution in [0.4, 0.5) is 0 Å². The lowest BCUT2D eigenvalue weighted by atomic mass is 10.0. The van der Waals surface area contributed by atoms with Crippen molar-refractivity contribution in [2.75, 3.05) is 39.8 Å². The third-order valence-electron chi connectivity index (χ3n) is 3.15. The second-order valence-electron chi connectivity index (χ2n) is 4.57. The number of amidine groups is 2. The first-order valence-corrected chi connectivity index (χ1v) is 6.17. The highest BCUT2D eigenvalue weighted by Crippen LogP contribution is 2.14. The average Bonchev–Trinajstić information content (AvgIpc) is 2.36. The van der Waals surface area contributed by atoms with Crippen LogP contribution in [0, 0.1) is 5.92 Å². The molecule has 0 spiro atoms. The maximum absolute atomic E-state index is 5.98. The van der Waals surface area contributed by atoms with Crippen LogP contribution in [0.15, 0.2) is 21.6 Å². The molecule has 5 heteroatoms. The van der Waals surface area contributed by atoms with E-state index in [0.717, 1.165) is 44.1 Å². The molecule has 1 fully saturated rings. The molecule has 0 aromatic heterocycles. The van der Waals surface area contributed by atoms with Gasteiger partial charge in [-0.25, -0.2) is 0 Å². The van der Waals surface area contributed by atoms with Gasteiger partial charge in [0.2, 0.25) is 0 Å². The molecular formula is C12H21N5. The number of nitrogens with one attached hydrogen (secondary N) is 1. The van der Waals surface area contributed by atoms with E-state index >= 15 is 0 Å². The minimum Gasteiger partial charge on any atom is -0.383 e. The fourth-order valence-electron chi connectivity index (χ4n) is 2.25. The summed E-state index contributed by atoms with van der Waals surface area (Å²) >= 11 is 0. The predicted octanol–water partition coefficient (Wildman–Crippen LogP) is -0.147. The Labute approximate surface area is 102 Å². The van der Waals surface area contributed by atoms with Crippen LogP contribution in [0.1, 0.15) is 6.92 Å². The lowest BCUT2D eigenvalue weighted by molar-refractivity contribution is 0.357. The number of dihydropyridines is 1. The molecule has 17 heavy (non-hydrogen) atoms. The van der Waals surface area contributed by atoms with E-state index in [1.165, 1.54) is 0 Å². The Balaban J connectivity index is 2.20. The zero-order chi connectivity index (χ0) is 12.3. The van der Waals surface area contributed by atoms with Crippen molar-refractivity contribution in [3.05, 3.63) is 11.6 Å². The molecule has 5 nitrogen and oxygen atoms in total. The van der Waals surface area contributed by atoms with Gasteiger partial charge in [-0.2, -0.15) is 0 Å². The molecule has 3 N–H and O–H groups in total. The van der Waals surface area contributed by atoms with Crippen molar-refractivity contribution in [1.29, 1.82) is 0 Å². The maximum atomic E-state index is 5.98. The average molecular weight is 235 g/mol. The van der Waals surface area contributed by atoms with Gasteiger partial charge in [-0.15, -0.1) is 0 Å². The number of hydrogen-bond donors (Lipinski definition) is 2. The Bertz CT molecular complexity index is 363. The molecule has 0 aromatic carbocycles. The van der Waals surface area contributed by atoms with Gasteiger partial charge >= 0.3 is 0 Å². The van der Waals surface area contributed by atoms with E-state index in [-0.39, 0.29) is 0 Å². The van der Waals surface area contributed by atoms with Crippen LogP contribution in [-0.2, 0) is 0 Å². The van der Waals surface area contributed by atoms with Crippen LogP contribution in [0.2, 0.25) is 0 Å². The third-order valence-corrected chi connectivity index (χ3v) is 3.15. The number of hydrogen-bond acceptors (Lipinski definition) is 4. The van der Waals surface area contributed by atoms with Crippen molar-refractivity contribution in [3.8, 4) is 0 Å². The lowest BCUT2D eigenvalue weighted by Gasteiger charge is -2.32. The largest absolute Gasteiger partial charge is 0.383 e. The third kappa shape index (κ3) is 2.66. The fraction of sp³-hybridized carbons (Fsp3) is 0.667. The van der Waals surface area contributed by atoms with Gasteiger partial charge in [0, 0.05) is 39.8 Å². The summed E-state index contributed by atoms with van der Waals surface area (Å²) in [5.74, 6) is 2.05. The summed E-state index contributed by atoms with van der Waals surface area (Å²) < 4.78 is 0. The Morgan fingerprint density at radius 1 is 1.53 bits per heavy atom. The van der Waals surface area contributed by atoms with Crippen LogP contribution in [0.5, 0.6) is 0 Å². The van der Waals surface area contributed by atoms with Gasteiger partial charge in [0.25, 0.3) is 0 Å². The summed E-state index contributed by atoms with van der Waals surface area (Å²) in [6, 6.07) is 0. The molecule has 2 aliphatic rings. The smallest absolute Gasteiger partial charge is 0.134 e. The van der Waals surface area contributed by atoms with E-state index in [1.807, 2.05) is 7.05 Å². The Kier molecular flexibility index (Phi) is 3.78. The van der Waals surface area contributed by atoms with Crippen molar-refractivity contribution in [2.24, 2.45) is 21.6 Å². The van der Waals surface area contributed by atoms with Crippen molar-refractivity contribution in [2.45, 2.75) is 6.92 Å². The number of aliphatic imine (C=N–C) groups is 2. The molecule has 0 aromatic rings. The molecule has 2 aliphatic heterocycles. The quantitative estimate of drug-likeness (QED) is 0.491.